The molecule has 2 nitrogen and oxygen atoms in total. The zero-order valence-electron chi connectivity index (χ0n) is 10.9. The number of fused-ring (bicyclic) bond motifs is 2. The van der Waals surface area contributed by atoms with Crippen LogP contribution in [0, 0.1) is 0 Å². The third kappa shape index (κ3) is 1.84. The Kier molecular flexibility index (Phi) is 2.34. The molecule has 3 rings (SSSR count). The lowest BCUT2D eigenvalue weighted by Gasteiger charge is -2.25. The summed E-state index contributed by atoms with van der Waals surface area (Å²) in [5.74, 6) is 1.77. The topological polar surface area (TPSA) is 21.3 Å². The lowest BCUT2D eigenvalue weighted by molar-refractivity contribution is 0.480. The van der Waals surface area contributed by atoms with Gasteiger partial charge >= 0.3 is 0 Å². The summed E-state index contributed by atoms with van der Waals surface area (Å²) >= 11 is 0. The van der Waals surface area contributed by atoms with Gasteiger partial charge in [0.25, 0.3) is 0 Å². The number of hydrogen-bond donors (Lipinski definition) is 1. The molecular weight excluding hydrogens is 222 g/mol. The fourth-order valence-electron chi connectivity index (χ4n) is 2.11. The zero-order valence-corrected chi connectivity index (χ0v) is 10.9. The van der Waals surface area contributed by atoms with Crippen LogP contribution in [0.4, 0.5) is 11.4 Å². The SMILES string of the molecule is CC(C)(C)c1ccc2c(c1)Nc1ccccc1O2. The first-order chi connectivity index (χ1) is 8.54. The first kappa shape index (κ1) is 11.1. The number of hydrogen-bond acceptors (Lipinski definition) is 2. The van der Waals surface area contributed by atoms with Crippen LogP contribution in [0.1, 0.15) is 26.3 Å². The minimum Gasteiger partial charge on any atom is -0.453 e. The molecule has 0 aromatic heterocycles. The summed E-state index contributed by atoms with van der Waals surface area (Å²) in [7, 11) is 0. The molecule has 0 unspecified atom stereocenters. The predicted molar refractivity (Wildman–Crippen MR) is 74.9 cm³/mol. The molecule has 0 bridgehead atoms. The van der Waals surface area contributed by atoms with Crippen LogP contribution in [-0.2, 0) is 5.41 Å². The monoisotopic (exact) mass is 239 g/mol. The van der Waals surface area contributed by atoms with Crippen LogP contribution in [0.15, 0.2) is 42.5 Å². The Bertz CT molecular complexity index is 596. The van der Waals surface area contributed by atoms with Crippen molar-refractivity contribution in [1.29, 1.82) is 0 Å². The van der Waals surface area contributed by atoms with Gasteiger partial charge in [0, 0.05) is 0 Å². The lowest BCUT2D eigenvalue weighted by Crippen LogP contribution is -2.12. The van der Waals surface area contributed by atoms with Crippen LogP contribution in [0.3, 0.4) is 0 Å². The Morgan fingerprint density at radius 1 is 0.889 bits per heavy atom. The highest BCUT2D eigenvalue weighted by molar-refractivity contribution is 5.75. The van der Waals surface area contributed by atoms with Crippen molar-refractivity contribution in [3.63, 3.8) is 0 Å². The summed E-state index contributed by atoms with van der Waals surface area (Å²) in [5.41, 5.74) is 3.52. The molecule has 0 spiro atoms. The van der Waals surface area contributed by atoms with Gasteiger partial charge in [-0.05, 0) is 35.2 Å². The van der Waals surface area contributed by atoms with E-state index in [1.54, 1.807) is 0 Å². The first-order valence-corrected chi connectivity index (χ1v) is 6.22. The zero-order chi connectivity index (χ0) is 12.8. The van der Waals surface area contributed by atoms with Crippen molar-refractivity contribution < 1.29 is 4.74 Å². The average molecular weight is 239 g/mol. The third-order valence-electron chi connectivity index (χ3n) is 3.22. The Labute approximate surface area is 108 Å². The molecule has 2 aromatic rings. The van der Waals surface area contributed by atoms with Crippen LogP contribution in [0.5, 0.6) is 11.5 Å². The van der Waals surface area contributed by atoms with E-state index >= 15 is 0 Å². The summed E-state index contributed by atoms with van der Waals surface area (Å²) in [5, 5.41) is 3.43. The quantitative estimate of drug-likeness (QED) is 0.606. The number of anilines is 2. The Hall–Kier alpha value is -1.96. The van der Waals surface area contributed by atoms with Crippen LogP contribution >= 0.6 is 0 Å². The molecule has 0 radical (unpaired) electrons. The Morgan fingerprint density at radius 3 is 2.39 bits per heavy atom. The van der Waals surface area contributed by atoms with Crippen LogP contribution in [0.2, 0.25) is 0 Å². The summed E-state index contributed by atoms with van der Waals surface area (Å²) in [6.07, 6.45) is 0. The van der Waals surface area contributed by atoms with Gasteiger partial charge in [0.2, 0.25) is 0 Å². The van der Waals surface area contributed by atoms with E-state index in [0.717, 1.165) is 22.9 Å². The molecule has 0 atom stereocenters. The number of benzene rings is 2. The number of nitrogens with one attached hydrogen (secondary N) is 1. The molecule has 1 N–H and O–H groups in total. The van der Waals surface area contributed by atoms with Gasteiger partial charge in [-0.1, -0.05) is 39.0 Å². The van der Waals surface area contributed by atoms with E-state index in [0.29, 0.717) is 0 Å². The van der Waals surface area contributed by atoms with Crippen molar-refractivity contribution >= 4 is 11.4 Å². The second kappa shape index (κ2) is 3.77. The molecular formula is C16H17NO. The Balaban J connectivity index is 2.04. The average Bonchev–Trinajstić information content (AvgIpc) is 2.34. The summed E-state index contributed by atoms with van der Waals surface area (Å²) < 4.78 is 5.88. The normalized spacial score (nSPS) is 13.1. The highest BCUT2D eigenvalue weighted by Gasteiger charge is 2.20. The van der Waals surface area contributed by atoms with E-state index < -0.39 is 0 Å². The standard InChI is InChI=1S/C16H17NO/c1-16(2,3)11-8-9-15-13(10-11)17-12-6-4-5-7-14(12)18-15/h4-10,17H,1-3H3. The van der Waals surface area contributed by atoms with Gasteiger partial charge in [-0.15, -0.1) is 0 Å². The number of rotatable bonds is 0. The second-order valence-electron chi connectivity index (χ2n) is 5.68. The molecule has 0 aliphatic carbocycles. The van der Waals surface area contributed by atoms with E-state index in [9.17, 15) is 0 Å². The number of ether oxygens (including phenoxy) is 1. The van der Waals surface area contributed by atoms with Crippen LogP contribution < -0.4 is 10.1 Å². The molecule has 0 saturated carbocycles. The Morgan fingerprint density at radius 2 is 1.61 bits per heavy atom. The van der Waals surface area contributed by atoms with Crippen molar-refractivity contribution in [3.8, 4) is 11.5 Å². The molecule has 0 amide bonds. The van der Waals surface area contributed by atoms with Crippen molar-refractivity contribution in [1.82, 2.24) is 0 Å². The molecule has 2 heteroatoms. The van der Waals surface area contributed by atoms with Gasteiger partial charge < -0.3 is 10.1 Å². The highest BCUT2D eigenvalue weighted by Crippen LogP contribution is 2.43. The molecule has 1 aliphatic heterocycles. The van der Waals surface area contributed by atoms with Crippen LogP contribution in [0.25, 0.3) is 0 Å². The maximum Gasteiger partial charge on any atom is 0.150 e. The maximum atomic E-state index is 5.88. The fraction of sp³-hybridized carbons (Fsp3) is 0.250. The first-order valence-electron chi connectivity index (χ1n) is 6.22. The molecule has 0 fully saturated rings. The van der Waals surface area contributed by atoms with Gasteiger partial charge in [-0.25, -0.2) is 0 Å². The highest BCUT2D eigenvalue weighted by atomic mass is 16.5. The largest absolute Gasteiger partial charge is 0.453 e. The van der Waals surface area contributed by atoms with Gasteiger partial charge in [-0.2, -0.15) is 0 Å². The maximum absolute atomic E-state index is 5.88. The smallest absolute Gasteiger partial charge is 0.150 e. The van der Waals surface area contributed by atoms with Gasteiger partial charge in [0.05, 0.1) is 11.4 Å². The molecule has 1 heterocycles. The molecule has 0 saturated heterocycles. The van der Waals surface area contributed by atoms with Crippen molar-refractivity contribution in [2.45, 2.75) is 26.2 Å². The molecule has 92 valence electrons. The summed E-state index contributed by atoms with van der Waals surface area (Å²) in [4.78, 5) is 0. The second-order valence-corrected chi connectivity index (χ2v) is 5.68. The lowest BCUT2D eigenvalue weighted by atomic mass is 9.86. The van der Waals surface area contributed by atoms with Gasteiger partial charge in [0.15, 0.2) is 11.5 Å². The number of para-hydroxylation sites is 2. The van der Waals surface area contributed by atoms with E-state index in [4.69, 9.17) is 4.74 Å². The minimum atomic E-state index is 0.147. The van der Waals surface area contributed by atoms with Crippen LogP contribution in [-0.4, -0.2) is 0 Å². The van der Waals surface area contributed by atoms with Crippen molar-refractivity contribution in [2.75, 3.05) is 5.32 Å². The van der Waals surface area contributed by atoms with Gasteiger partial charge in [0.1, 0.15) is 0 Å². The van der Waals surface area contributed by atoms with E-state index in [-0.39, 0.29) is 5.41 Å². The van der Waals surface area contributed by atoms with Gasteiger partial charge in [-0.3, -0.25) is 0 Å². The summed E-state index contributed by atoms with van der Waals surface area (Å²) in [6, 6.07) is 14.3. The third-order valence-corrected chi connectivity index (χ3v) is 3.22. The minimum absolute atomic E-state index is 0.147. The van der Waals surface area contributed by atoms with Crippen molar-refractivity contribution in [2.24, 2.45) is 0 Å². The molecule has 18 heavy (non-hydrogen) atoms. The predicted octanol–water partition coefficient (Wildman–Crippen LogP) is 4.83. The fourth-order valence-corrected chi connectivity index (χ4v) is 2.11. The van der Waals surface area contributed by atoms with Crippen molar-refractivity contribution in [3.05, 3.63) is 48.0 Å². The van der Waals surface area contributed by atoms with E-state index in [1.807, 2.05) is 30.3 Å². The van der Waals surface area contributed by atoms with E-state index in [1.165, 1.54) is 5.56 Å². The molecule has 1 aliphatic rings. The summed E-state index contributed by atoms with van der Waals surface area (Å²) in [6.45, 7) is 6.64. The molecule has 2 aromatic carbocycles. The van der Waals surface area contributed by atoms with E-state index in [2.05, 4.69) is 38.2 Å².